The molecule has 2 aromatic rings. The van der Waals surface area contributed by atoms with Crippen molar-refractivity contribution < 1.29 is 9.69 Å². The predicted molar refractivity (Wildman–Crippen MR) is 101 cm³/mol. The van der Waals surface area contributed by atoms with Crippen LogP contribution < -0.4 is 10.3 Å². The van der Waals surface area contributed by atoms with E-state index in [1.807, 2.05) is 17.5 Å². The lowest BCUT2D eigenvalue weighted by atomic mass is 9.96. The van der Waals surface area contributed by atoms with E-state index in [4.69, 9.17) is 0 Å². The number of nitrogens with zero attached hydrogens (tertiary/aromatic N) is 1. The maximum absolute atomic E-state index is 12.2. The number of quaternary nitrogens is 1. The average Bonchev–Trinajstić information content (AvgIpc) is 3.11. The van der Waals surface area contributed by atoms with Gasteiger partial charge in [-0.05, 0) is 23.6 Å². The molecule has 1 saturated heterocycles. The molecule has 3 rings (SSSR count). The summed E-state index contributed by atoms with van der Waals surface area (Å²) in [5.41, 5.74) is 4.03. The Labute approximate surface area is 154 Å². The summed E-state index contributed by atoms with van der Waals surface area (Å²) >= 11 is 5.07. The van der Waals surface area contributed by atoms with Crippen LogP contribution in [0.1, 0.15) is 23.3 Å². The van der Waals surface area contributed by atoms with Gasteiger partial charge in [0.1, 0.15) is 6.54 Å². The van der Waals surface area contributed by atoms with Crippen molar-refractivity contribution in [3.63, 3.8) is 0 Å². The van der Waals surface area contributed by atoms with Crippen molar-refractivity contribution in [3.05, 3.63) is 56.7 Å². The van der Waals surface area contributed by atoms with Crippen molar-refractivity contribution in [2.24, 2.45) is 11.0 Å². The number of carbonyl (C=O) groups is 1. The number of nitrogens with one attached hydrogen (secondary N) is 2. The molecule has 1 aromatic heterocycles. The quantitative estimate of drug-likeness (QED) is 0.581. The van der Waals surface area contributed by atoms with Crippen molar-refractivity contribution >= 4 is 39.4 Å². The molecule has 0 aliphatic carbocycles. The maximum atomic E-state index is 12.2. The summed E-state index contributed by atoms with van der Waals surface area (Å²) in [7, 11) is 0. The second-order valence-corrected chi connectivity index (χ2v) is 7.97. The smallest absolute Gasteiger partial charge is 0.243 e. The highest BCUT2D eigenvalue weighted by Crippen LogP contribution is 2.12. The topological polar surface area (TPSA) is 45.9 Å². The van der Waals surface area contributed by atoms with E-state index >= 15 is 0 Å². The highest BCUT2D eigenvalue weighted by Gasteiger charge is 2.27. The van der Waals surface area contributed by atoms with Crippen LogP contribution in [0.25, 0.3) is 0 Å². The van der Waals surface area contributed by atoms with E-state index in [1.165, 1.54) is 5.56 Å². The van der Waals surface area contributed by atoms with Gasteiger partial charge < -0.3 is 4.90 Å². The van der Waals surface area contributed by atoms with E-state index in [0.717, 1.165) is 41.8 Å². The van der Waals surface area contributed by atoms with Crippen LogP contribution in [0.4, 0.5) is 0 Å². The first-order valence-corrected chi connectivity index (χ1v) is 9.82. The zero-order valence-electron chi connectivity index (χ0n) is 13.4. The Morgan fingerprint density at radius 2 is 2.04 bits per heavy atom. The highest BCUT2D eigenvalue weighted by molar-refractivity contribution is 9.10. The second kappa shape index (κ2) is 8.55. The zero-order valence-corrected chi connectivity index (χ0v) is 15.8. The summed E-state index contributed by atoms with van der Waals surface area (Å²) in [5, 5.41) is 6.05. The Kier molecular flexibility index (Phi) is 6.18. The number of halogens is 1. The second-order valence-electron chi connectivity index (χ2n) is 6.08. The number of hydrogen-bond donors (Lipinski definition) is 2. The van der Waals surface area contributed by atoms with Crippen LogP contribution in [0, 0.1) is 5.92 Å². The molecule has 0 radical (unpaired) electrons. The van der Waals surface area contributed by atoms with Gasteiger partial charge in [-0.3, -0.25) is 4.79 Å². The van der Waals surface area contributed by atoms with Gasteiger partial charge in [-0.15, -0.1) is 11.3 Å². The Balaban J connectivity index is 1.42. The van der Waals surface area contributed by atoms with Gasteiger partial charge in [0.25, 0.3) is 0 Å². The lowest BCUT2D eigenvalue weighted by Gasteiger charge is -2.28. The van der Waals surface area contributed by atoms with Crippen LogP contribution in [-0.4, -0.2) is 25.2 Å². The van der Waals surface area contributed by atoms with E-state index in [-0.39, 0.29) is 11.8 Å². The van der Waals surface area contributed by atoms with Crippen LogP contribution in [0.5, 0.6) is 0 Å². The highest BCUT2D eigenvalue weighted by atomic mass is 79.9. The molecule has 1 fully saturated rings. The van der Waals surface area contributed by atoms with Gasteiger partial charge in [0.2, 0.25) is 5.91 Å². The number of carbonyl (C=O) groups excluding carboxylic acids is 1. The van der Waals surface area contributed by atoms with Crippen molar-refractivity contribution in [2.45, 2.75) is 19.4 Å². The van der Waals surface area contributed by atoms with Crippen molar-refractivity contribution in [1.29, 1.82) is 0 Å². The monoisotopic (exact) mass is 406 g/mol. The molecule has 1 aromatic carbocycles. The minimum atomic E-state index is 0.0468. The summed E-state index contributed by atoms with van der Waals surface area (Å²) < 4.78 is 1.11. The zero-order chi connectivity index (χ0) is 16.8. The Morgan fingerprint density at radius 1 is 1.29 bits per heavy atom. The van der Waals surface area contributed by atoms with Crippen molar-refractivity contribution in [3.8, 4) is 0 Å². The predicted octanol–water partition coefficient (Wildman–Crippen LogP) is 2.46. The lowest BCUT2D eigenvalue weighted by Crippen LogP contribution is -3.11. The van der Waals surface area contributed by atoms with E-state index in [9.17, 15) is 4.79 Å². The molecule has 24 heavy (non-hydrogen) atoms. The maximum Gasteiger partial charge on any atom is 0.243 e. The molecule has 1 aliphatic heterocycles. The fraction of sp³-hybridized carbons (Fsp3) is 0.333. The largest absolute Gasteiger partial charge is 0.331 e. The first-order valence-electron chi connectivity index (χ1n) is 8.15. The molecule has 6 heteroatoms. The fourth-order valence-corrected chi connectivity index (χ4v) is 3.82. The Bertz CT molecular complexity index is 677. The first-order chi connectivity index (χ1) is 11.7. The van der Waals surface area contributed by atoms with Gasteiger partial charge in [-0.1, -0.05) is 34.1 Å². The standard InChI is InChI=1S/C18H20BrN3OS/c19-16-5-3-14(4-6-16)13-22-9-7-15(8-10-22)18(23)21-20-12-17-2-1-11-24-17/h1-6,11-12,15H,7-10,13H2,(H,21,23)/p+1/b20-12-. The van der Waals surface area contributed by atoms with E-state index in [0.29, 0.717) is 0 Å². The van der Waals surface area contributed by atoms with E-state index in [2.05, 4.69) is 50.7 Å². The van der Waals surface area contributed by atoms with E-state index < -0.39 is 0 Å². The summed E-state index contributed by atoms with van der Waals surface area (Å²) in [4.78, 5) is 14.8. The number of thiophene rings is 1. The van der Waals surface area contributed by atoms with E-state index in [1.54, 1.807) is 22.5 Å². The molecule has 0 bridgehead atoms. The SMILES string of the molecule is O=C(N/N=C\c1cccs1)C1CC[NH+](Cc2ccc(Br)cc2)CC1. The van der Waals surface area contributed by atoms with Crippen LogP contribution in [-0.2, 0) is 11.3 Å². The third kappa shape index (κ3) is 5.00. The number of benzene rings is 1. The van der Waals surface area contributed by atoms with Crippen molar-refractivity contribution in [1.82, 2.24) is 5.43 Å². The minimum Gasteiger partial charge on any atom is -0.331 e. The molecule has 4 nitrogen and oxygen atoms in total. The fourth-order valence-electron chi connectivity index (χ4n) is 2.97. The third-order valence-corrected chi connectivity index (χ3v) is 5.68. The minimum absolute atomic E-state index is 0.0468. The number of hydrazone groups is 1. The number of rotatable bonds is 5. The number of piperidine rings is 1. The summed E-state index contributed by atoms with van der Waals surface area (Å²) in [6.07, 6.45) is 3.55. The number of likely N-dealkylation sites (tertiary alicyclic amines) is 1. The first kappa shape index (κ1) is 17.3. The summed E-state index contributed by atoms with van der Waals surface area (Å²) in [6.45, 7) is 3.09. The Hall–Kier alpha value is -1.50. The molecular formula is C18H21BrN3OS+. The lowest BCUT2D eigenvalue weighted by molar-refractivity contribution is -0.919. The summed E-state index contributed by atoms with van der Waals surface area (Å²) in [6, 6.07) is 12.4. The molecule has 126 valence electrons. The van der Waals surface area contributed by atoms with Gasteiger partial charge in [0.15, 0.2) is 0 Å². The molecule has 0 spiro atoms. The van der Waals surface area contributed by atoms with Gasteiger partial charge in [-0.2, -0.15) is 5.10 Å². The van der Waals surface area contributed by atoms with Gasteiger partial charge in [0, 0.05) is 27.8 Å². The van der Waals surface area contributed by atoms with Crippen LogP contribution in [0.2, 0.25) is 0 Å². The Morgan fingerprint density at radius 3 is 2.71 bits per heavy atom. The van der Waals surface area contributed by atoms with Gasteiger partial charge >= 0.3 is 0 Å². The number of amides is 1. The molecular weight excluding hydrogens is 386 g/mol. The average molecular weight is 407 g/mol. The molecule has 0 atom stereocenters. The van der Waals surface area contributed by atoms with Crippen LogP contribution in [0.15, 0.2) is 51.4 Å². The van der Waals surface area contributed by atoms with Crippen LogP contribution >= 0.6 is 27.3 Å². The molecule has 2 heterocycles. The van der Waals surface area contributed by atoms with Gasteiger partial charge in [-0.25, -0.2) is 5.43 Å². The van der Waals surface area contributed by atoms with Crippen LogP contribution in [0.3, 0.4) is 0 Å². The van der Waals surface area contributed by atoms with Gasteiger partial charge in [0.05, 0.1) is 25.2 Å². The van der Waals surface area contributed by atoms with Crippen molar-refractivity contribution in [2.75, 3.05) is 13.1 Å². The molecule has 2 N–H and O–H groups in total. The molecule has 0 unspecified atom stereocenters. The normalized spacial score (nSPS) is 21.0. The molecule has 1 amide bonds. The molecule has 0 saturated carbocycles. The third-order valence-electron chi connectivity index (χ3n) is 4.34. The summed E-state index contributed by atoms with van der Waals surface area (Å²) in [5.74, 6) is 0.129. The number of hydrogen-bond acceptors (Lipinski definition) is 3. The molecule has 1 aliphatic rings.